The van der Waals surface area contributed by atoms with E-state index in [1.165, 1.54) is 11.1 Å². The molecular weight excluding hydrogens is 180 g/mol. The minimum atomic E-state index is 0.983. The van der Waals surface area contributed by atoms with Crippen LogP contribution in [-0.2, 0) is 0 Å². The molecule has 0 heterocycles. The van der Waals surface area contributed by atoms with Gasteiger partial charge in [0.25, 0.3) is 0 Å². The molecule has 15 heavy (non-hydrogen) atoms. The van der Waals surface area contributed by atoms with Crippen LogP contribution in [0.5, 0.6) is 0 Å². The zero-order valence-corrected chi connectivity index (χ0v) is 11.0. The lowest BCUT2D eigenvalue weighted by atomic mass is 10.2. The van der Waals surface area contributed by atoms with Gasteiger partial charge in [-0.25, -0.2) is 0 Å². The van der Waals surface area contributed by atoms with E-state index >= 15 is 0 Å². The molecule has 0 aliphatic carbocycles. The van der Waals surface area contributed by atoms with Gasteiger partial charge in [-0.2, -0.15) is 0 Å². The molecule has 0 aliphatic rings. The molecular formula is C15H24. The quantitative estimate of drug-likeness (QED) is 0.535. The van der Waals surface area contributed by atoms with Crippen LogP contribution < -0.4 is 0 Å². The van der Waals surface area contributed by atoms with Crippen LogP contribution in [0.25, 0.3) is 0 Å². The van der Waals surface area contributed by atoms with Crippen LogP contribution in [-0.4, -0.2) is 0 Å². The molecule has 0 unspecified atom stereocenters. The number of hydrogen-bond donors (Lipinski definition) is 0. The molecule has 1 aromatic rings. The van der Waals surface area contributed by atoms with E-state index in [-0.39, 0.29) is 0 Å². The van der Waals surface area contributed by atoms with Gasteiger partial charge in [-0.05, 0) is 20.8 Å². The van der Waals surface area contributed by atoms with Crippen LogP contribution in [0.3, 0.4) is 0 Å². The van der Waals surface area contributed by atoms with Gasteiger partial charge in [0.15, 0.2) is 0 Å². The molecule has 0 heteroatoms. The van der Waals surface area contributed by atoms with Crippen molar-refractivity contribution in [2.24, 2.45) is 0 Å². The van der Waals surface area contributed by atoms with Gasteiger partial charge in [-0.15, -0.1) is 11.8 Å². The summed E-state index contributed by atoms with van der Waals surface area (Å²) in [6, 6.07) is 8.45. The number of hydrogen-bond acceptors (Lipinski definition) is 0. The van der Waals surface area contributed by atoms with Crippen molar-refractivity contribution in [1.29, 1.82) is 0 Å². The van der Waals surface area contributed by atoms with Crippen LogP contribution in [0.1, 0.15) is 45.2 Å². The number of aryl methyl sites for hydroxylation is 2. The fraction of sp³-hybridized carbons (Fsp3) is 0.467. The standard InChI is InChI=1S/C8H10.C5H8.C2H6/c1-7-4-3-5-8(2)6-7;1-3-5-4-2;1-2/h3-6H,1-2H3;3H2,1-2H3;1-2H3. The summed E-state index contributed by atoms with van der Waals surface area (Å²) in [7, 11) is 0. The van der Waals surface area contributed by atoms with Gasteiger partial charge in [-0.1, -0.05) is 56.2 Å². The maximum absolute atomic E-state index is 2.86. The van der Waals surface area contributed by atoms with Crippen molar-refractivity contribution < 1.29 is 0 Å². The minimum absolute atomic E-state index is 0.983. The lowest BCUT2D eigenvalue weighted by molar-refractivity contribution is 1.28. The fourth-order valence-corrected chi connectivity index (χ4v) is 0.984. The van der Waals surface area contributed by atoms with Crippen molar-refractivity contribution in [3.8, 4) is 11.8 Å². The van der Waals surface area contributed by atoms with E-state index in [1.54, 1.807) is 0 Å². The van der Waals surface area contributed by atoms with Crippen molar-refractivity contribution in [3.63, 3.8) is 0 Å². The highest BCUT2D eigenvalue weighted by atomic mass is 13.9. The number of rotatable bonds is 0. The molecule has 0 radical (unpaired) electrons. The zero-order valence-electron chi connectivity index (χ0n) is 11.0. The predicted octanol–water partition coefficient (Wildman–Crippen LogP) is 4.75. The molecule has 1 rings (SSSR count). The van der Waals surface area contributed by atoms with Crippen LogP contribution >= 0.6 is 0 Å². The van der Waals surface area contributed by atoms with E-state index in [9.17, 15) is 0 Å². The van der Waals surface area contributed by atoms with Gasteiger partial charge in [-0.3, -0.25) is 0 Å². The SMILES string of the molecule is CC.CC#CCC.Cc1cccc(C)c1. The summed E-state index contributed by atoms with van der Waals surface area (Å²) < 4.78 is 0. The second kappa shape index (κ2) is 12.8. The molecule has 0 nitrogen and oxygen atoms in total. The van der Waals surface area contributed by atoms with Crippen LogP contribution in [0.4, 0.5) is 0 Å². The molecule has 0 aliphatic heterocycles. The van der Waals surface area contributed by atoms with E-state index in [1.807, 2.05) is 27.7 Å². The Morgan fingerprint density at radius 3 is 1.67 bits per heavy atom. The summed E-state index contributed by atoms with van der Waals surface area (Å²) in [5, 5.41) is 0. The summed E-state index contributed by atoms with van der Waals surface area (Å²) in [4.78, 5) is 0. The summed E-state index contributed by atoms with van der Waals surface area (Å²) in [5.74, 6) is 5.63. The average Bonchev–Trinajstić information content (AvgIpc) is 2.22. The maximum Gasteiger partial charge on any atom is 0.00601 e. The highest BCUT2D eigenvalue weighted by Gasteiger charge is 1.80. The van der Waals surface area contributed by atoms with E-state index in [4.69, 9.17) is 0 Å². The molecule has 0 N–H and O–H groups in total. The molecule has 84 valence electrons. The summed E-state index contributed by atoms with van der Waals surface area (Å²) in [6.45, 7) is 12.1. The third-order valence-electron chi connectivity index (χ3n) is 1.53. The zero-order chi connectivity index (χ0) is 12.1. The van der Waals surface area contributed by atoms with Gasteiger partial charge in [0.05, 0.1) is 0 Å². The second-order valence-electron chi connectivity index (χ2n) is 2.94. The Hall–Kier alpha value is -1.22. The van der Waals surface area contributed by atoms with Crippen molar-refractivity contribution in [3.05, 3.63) is 35.4 Å². The van der Waals surface area contributed by atoms with Crippen LogP contribution in [0.2, 0.25) is 0 Å². The topological polar surface area (TPSA) is 0 Å². The van der Waals surface area contributed by atoms with Crippen molar-refractivity contribution in [2.75, 3.05) is 0 Å². The Kier molecular flexibility index (Phi) is 13.8. The van der Waals surface area contributed by atoms with Gasteiger partial charge in [0.1, 0.15) is 0 Å². The lowest BCUT2D eigenvalue weighted by Gasteiger charge is -1.90. The summed E-state index contributed by atoms with van der Waals surface area (Å²) in [6.07, 6.45) is 0.983. The third-order valence-corrected chi connectivity index (χ3v) is 1.53. The molecule has 0 atom stereocenters. The summed E-state index contributed by atoms with van der Waals surface area (Å²) in [5.41, 5.74) is 2.68. The Morgan fingerprint density at radius 1 is 1.07 bits per heavy atom. The molecule has 0 spiro atoms. The third kappa shape index (κ3) is 12.8. The van der Waals surface area contributed by atoms with E-state index in [2.05, 4.69) is 50.0 Å². The Morgan fingerprint density at radius 2 is 1.53 bits per heavy atom. The van der Waals surface area contributed by atoms with Gasteiger partial charge in [0, 0.05) is 6.42 Å². The first-order chi connectivity index (χ1) is 7.20. The lowest BCUT2D eigenvalue weighted by Crippen LogP contribution is -1.71. The first kappa shape index (κ1) is 16.2. The van der Waals surface area contributed by atoms with Gasteiger partial charge in [0.2, 0.25) is 0 Å². The molecule has 1 aromatic carbocycles. The average molecular weight is 204 g/mol. The Balaban J connectivity index is 0. The van der Waals surface area contributed by atoms with Crippen LogP contribution in [0.15, 0.2) is 24.3 Å². The first-order valence-corrected chi connectivity index (χ1v) is 5.63. The van der Waals surface area contributed by atoms with Gasteiger partial charge < -0.3 is 0 Å². The highest BCUT2D eigenvalue weighted by Crippen LogP contribution is 2.00. The Labute approximate surface area is 95.7 Å². The summed E-state index contributed by atoms with van der Waals surface area (Å²) >= 11 is 0. The molecule has 0 aromatic heterocycles. The first-order valence-electron chi connectivity index (χ1n) is 5.63. The fourth-order valence-electron chi connectivity index (χ4n) is 0.984. The molecule has 0 saturated carbocycles. The monoisotopic (exact) mass is 204 g/mol. The molecule has 0 fully saturated rings. The highest BCUT2D eigenvalue weighted by molar-refractivity contribution is 5.20. The normalized spacial score (nSPS) is 7.07. The van der Waals surface area contributed by atoms with Gasteiger partial charge >= 0.3 is 0 Å². The molecule has 0 bridgehead atoms. The van der Waals surface area contributed by atoms with Crippen molar-refractivity contribution >= 4 is 0 Å². The molecule has 0 amide bonds. The Bertz CT molecular complexity index is 269. The van der Waals surface area contributed by atoms with Crippen molar-refractivity contribution in [2.45, 2.75) is 48.0 Å². The molecule has 0 saturated heterocycles. The van der Waals surface area contributed by atoms with E-state index < -0.39 is 0 Å². The smallest absolute Gasteiger partial charge is 0.00601 e. The van der Waals surface area contributed by atoms with E-state index in [0.717, 1.165) is 6.42 Å². The minimum Gasteiger partial charge on any atom is -0.107 e. The predicted molar refractivity (Wildman–Crippen MR) is 71.0 cm³/mol. The second-order valence-corrected chi connectivity index (χ2v) is 2.94. The maximum atomic E-state index is 2.86. The largest absolute Gasteiger partial charge is 0.107 e. The number of benzene rings is 1. The van der Waals surface area contributed by atoms with Crippen LogP contribution in [0, 0.1) is 25.7 Å². The van der Waals surface area contributed by atoms with Crippen molar-refractivity contribution in [1.82, 2.24) is 0 Å². The van der Waals surface area contributed by atoms with E-state index in [0.29, 0.717) is 0 Å².